The summed E-state index contributed by atoms with van der Waals surface area (Å²) in [6.45, 7) is 3.97. The predicted molar refractivity (Wildman–Crippen MR) is 114 cm³/mol. The first-order valence-electron chi connectivity index (χ1n) is 9.06. The molecule has 0 fully saturated rings. The smallest absolute Gasteiger partial charge is 0.277 e. The second kappa shape index (κ2) is 9.71. The predicted octanol–water partition coefficient (Wildman–Crippen LogP) is 5.35. The Bertz CT molecular complexity index is 1000. The number of carbonyl (C=O) groups excluding carboxylic acids is 2. The monoisotopic (exact) mass is 429 g/mol. The molecule has 1 N–H and O–H groups in total. The van der Waals surface area contributed by atoms with E-state index in [4.69, 9.17) is 16.0 Å². The van der Waals surface area contributed by atoms with E-state index < -0.39 is 0 Å². The average Bonchev–Trinajstić information content (AvgIpc) is 3.15. The minimum atomic E-state index is -0.0717. The van der Waals surface area contributed by atoms with Gasteiger partial charge < -0.3 is 9.73 Å². The largest absolute Gasteiger partial charge is 0.411 e. The molecule has 0 radical (unpaired) electrons. The number of hydrogen-bond donors (Lipinski definition) is 1. The molecule has 6 nitrogen and oxygen atoms in total. The molecule has 3 aromatic rings. The zero-order valence-electron chi connectivity index (χ0n) is 16.0. The molecule has 29 heavy (non-hydrogen) atoms. The van der Waals surface area contributed by atoms with Gasteiger partial charge in [-0.15, -0.1) is 10.2 Å². The van der Waals surface area contributed by atoms with Gasteiger partial charge in [0, 0.05) is 28.3 Å². The molecular weight excluding hydrogens is 410 g/mol. The van der Waals surface area contributed by atoms with Crippen molar-refractivity contribution >= 4 is 40.7 Å². The molecule has 150 valence electrons. The summed E-state index contributed by atoms with van der Waals surface area (Å²) in [7, 11) is 0. The Kier molecular flexibility index (Phi) is 7.06. The van der Waals surface area contributed by atoms with E-state index in [2.05, 4.69) is 15.5 Å². The van der Waals surface area contributed by atoms with E-state index in [1.807, 2.05) is 19.9 Å². The minimum Gasteiger partial charge on any atom is -0.411 e. The first kappa shape index (κ1) is 21.1. The molecule has 0 aliphatic carbocycles. The number of nitrogens with one attached hydrogen (secondary N) is 1. The molecule has 0 spiro atoms. The molecule has 1 amide bonds. The number of amides is 1. The molecule has 0 saturated carbocycles. The van der Waals surface area contributed by atoms with Crippen molar-refractivity contribution in [2.45, 2.75) is 25.5 Å². The van der Waals surface area contributed by atoms with E-state index in [0.29, 0.717) is 33.8 Å². The van der Waals surface area contributed by atoms with Crippen molar-refractivity contribution in [1.29, 1.82) is 0 Å². The van der Waals surface area contributed by atoms with Crippen LogP contribution in [0.4, 0.5) is 5.69 Å². The molecule has 0 unspecified atom stereocenters. The highest BCUT2D eigenvalue weighted by atomic mass is 35.5. The maximum atomic E-state index is 12.4. The normalized spacial score (nSPS) is 10.9. The van der Waals surface area contributed by atoms with Crippen LogP contribution in [0.15, 0.2) is 58.2 Å². The van der Waals surface area contributed by atoms with E-state index in [1.165, 1.54) is 11.8 Å². The third kappa shape index (κ3) is 6.17. The summed E-state index contributed by atoms with van der Waals surface area (Å²) >= 11 is 7.14. The zero-order chi connectivity index (χ0) is 20.8. The van der Waals surface area contributed by atoms with Crippen molar-refractivity contribution in [2.75, 3.05) is 11.1 Å². The number of nitrogens with zero attached hydrogens (tertiary/aromatic N) is 2. The van der Waals surface area contributed by atoms with Crippen LogP contribution in [-0.2, 0) is 4.79 Å². The molecule has 0 aliphatic heterocycles. The summed E-state index contributed by atoms with van der Waals surface area (Å²) in [4.78, 5) is 24.2. The second-order valence-corrected chi connectivity index (χ2v) is 8.18. The van der Waals surface area contributed by atoms with E-state index in [-0.39, 0.29) is 23.4 Å². The van der Waals surface area contributed by atoms with E-state index in [0.717, 1.165) is 5.56 Å². The maximum absolute atomic E-state index is 12.4. The SMILES string of the molecule is CC(C)CC(=O)Nc1ccc(C(=O)CSc2nnc(-c3cccc(Cl)c3)o2)cc1. The molecule has 0 bridgehead atoms. The van der Waals surface area contributed by atoms with Crippen LogP contribution in [0.1, 0.15) is 30.6 Å². The molecule has 0 saturated heterocycles. The average molecular weight is 430 g/mol. The van der Waals surface area contributed by atoms with Crippen LogP contribution in [-0.4, -0.2) is 27.6 Å². The first-order valence-corrected chi connectivity index (χ1v) is 10.4. The van der Waals surface area contributed by atoms with Crippen LogP contribution < -0.4 is 5.32 Å². The van der Waals surface area contributed by atoms with Crippen molar-refractivity contribution in [3.05, 3.63) is 59.1 Å². The molecule has 8 heteroatoms. The van der Waals surface area contributed by atoms with E-state index >= 15 is 0 Å². The molecule has 0 aliphatic rings. The lowest BCUT2D eigenvalue weighted by atomic mass is 10.1. The van der Waals surface area contributed by atoms with E-state index in [9.17, 15) is 9.59 Å². The van der Waals surface area contributed by atoms with Crippen molar-refractivity contribution in [3.8, 4) is 11.5 Å². The van der Waals surface area contributed by atoms with Gasteiger partial charge in [-0.25, -0.2) is 0 Å². The van der Waals surface area contributed by atoms with Crippen molar-refractivity contribution < 1.29 is 14.0 Å². The standard InChI is InChI=1S/C21H20ClN3O3S/c1-13(2)10-19(27)23-17-8-6-14(7-9-17)18(26)12-29-21-25-24-20(28-21)15-4-3-5-16(22)11-15/h3-9,11,13H,10,12H2,1-2H3,(H,23,27). The van der Waals surface area contributed by atoms with E-state index in [1.54, 1.807) is 42.5 Å². The number of thioether (sulfide) groups is 1. The third-order valence-corrected chi connectivity index (χ3v) is 4.94. The van der Waals surface area contributed by atoms with Gasteiger partial charge in [0.05, 0.1) is 5.75 Å². The Balaban J connectivity index is 1.55. The second-order valence-electron chi connectivity index (χ2n) is 6.82. The van der Waals surface area contributed by atoms with Gasteiger partial charge in [0.15, 0.2) is 5.78 Å². The summed E-state index contributed by atoms with van der Waals surface area (Å²) in [5, 5.41) is 11.7. The van der Waals surface area contributed by atoms with Crippen LogP contribution >= 0.6 is 23.4 Å². The van der Waals surface area contributed by atoms with Gasteiger partial charge in [-0.2, -0.15) is 0 Å². The lowest BCUT2D eigenvalue weighted by Gasteiger charge is -2.07. The maximum Gasteiger partial charge on any atom is 0.277 e. The summed E-state index contributed by atoms with van der Waals surface area (Å²) in [5.41, 5.74) is 1.94. The summed E-state index contributed by atoms with van der Waals surface area (Å²) in [5.74, 6) is 0.691. The Morgan fingerprint density at radius 3 is 2.59 bits per heavy atom. The number of halogens is 1. The van der Waals surface area contributed by atoms with Gasteiger partial charge in [-0.1, -0.05) is 43.3 Å². The fourth-order valence-corrected chi connectivity index (χ4v) is 3.39. The minimum absolute atomic E-state index is 0.0402. The summed E-state index contributed by atoms with van der Waals surface area (Å²) in [6.07, 6.45) is 0.457. The number of rotatable bonds is 8. The topological polar surface area (TPSA) is 85.1 Å². The molecule has 0 atom stereocenters. The Morgan fingerprint density at radius 1 is 1.14 bits per heavy atom. The highest BCUT2D eigenvalue weighted by Crippen LogP contribution is 2.25. The summed E-state index contributed by atoms with van der Waals surface area (Å²) in [6, 6.07) is 13.9. The molecule has 1 heterocycles. The Hall–Kier alpha value is -2.64. The molecular formula is C21H20ClN3O3S. The number of Topliss-reactive ketones (excluding diaryl/α,β-unsaturated/α-hetero) is 1. The number of hydrogen-bond acceptors (Lipinski definition) is 6. The first-order chi connectivity index (χ1) is 13.9. The molecule has 2 aromatic carbocycles. The Labute approximate surface area is 178 Å². The van der Waals surface area contributed by atoms with Crippen LogP contribution in [0.3, 0.4) is 0 Å². The fourth-order valence-electron chi connectivity index (χ4n) is 2.54. The number of aromatic nitrogens is 2. The van der Waals surface area contributed by atoms with Gasteiger partial charge in [0.25, 0.3) is 5.22 Å². The number of benzene rings is 2. The van der Waals surface area contributed by atoms with Crippen molar-refractivity contribution in [1.82, 2.24) is 10.2 Å². The molecule has 1 aromatic heterocycles. The zero-order valence-corrected chi connectivity index (χ0v) is 17.6. The fraction of sp³-hybridized carbons (Fsp3) is 0.238. The lowest BCUT2D eigenvalue weighted by Crippen LogP contribution is -2.14. The molecule has 3 rings (SSSR count). The van der Waals surface area contributed by atoms with Crippen molar-refractivity contribution in [2.24, 2.45) is 5.92 Å². The number of anilines is 1. The number of carbonyl (C=O) groups is 2. The highest BCUT2D eigenvalue weighted by Gasteiger charge is 2.13. The van der Waals surface area contributed by atoms with Gasteiger partial charge >= 0.3 is 0 Å². The Morgan fingerprint density at radius 2 is 1.90 bits per heavy atom. The number of ketones is 1. The highest BCUT2D eigenvalue weighted by molar-refractivity contribution is 7.99. The quantitative estimate of drug-likeness (QED) is 0.383. The third-order valence-electron chi connectivity index (χ3n) is 3.89. The van der Waals surface area contributed by atoms with Crippen LogP contribution in [0, 0.1) is 5.92 Å². The van der Waals surface area contributed by atoms with Gasteiger partial charge in [-0.05, 0) is 48.4 Å². The lowest BCUT2D eigenvalue weighted by molar-refractivity contribution is -0.116. The van der Waals surface area contributed by atoms with Gasteiger partial charge in [0.1, 0.15) is 0 Å². The van der Waals surface area contributed by atoms with Crippen LogP contribution in [0.25, 0.3) is 11.5 Å². The van der Waals surface area contributed by atoms with Crippen LogP contribution in [0.2, 0.25) is 5.02 Å². The van der Waals surface area contributed by atoms with Crippen LogP contribution in [0.5, 0.6) is 0 Å². The van der Waals surface area contributed by atoms with Crippen molar-refractivity contribution in [3.63, 3.8) is 0 Å². The van der Waals surface area contributed by atoms with Gasteiger partial charge in [0.2, 0.25) is 11.8 Å². The van der Waals surface area contributed by atoms with Gasteiger partial charge in [-0.3, -0.25) is 9.59 Å². The summed E-state index contributed by atoms with van der Waals surface area (Å²) < 4.78 is 5.59.